The van der Waals surface area contributed by atoms with Gasteiger partial charge < -0.3 is 10.4 Å². The third-order valence-corrected chi connectivity index (χ3v) is 3.42. The first-order valence-corrected chi connectivity index (χ1v) is 6.76. The van der Waals surface area contributed by atoms with Crippen LogP contribution in [0.1, 0.15) is 30.2 Å². The normalized spacial score (nSPS) is 14.1. The summed E-state index contributed by atoms with van der Waals surface area (Å²) < 4.78 is 0. The molecule has 2 aromatic carbocycles. The number of halogens is 1. The van der Waals surface area contributed by atoms with Crippen molar-refractivity contribution >= 4 is 11.6 Å². The van der Waals surface area contributed by atoms with Gasteiger partial charge in [0.15, 0.2) is 0 Å². The van der Waals surface area contributed by atoms with E-state index >= 15 is 0 Å². The van der Waals surface area contributed by atoms with Gasteiger partial charge in [-0.05, 0) is 30.2 Å². The Labute approximate surface area is 119 Å². The molecule has 0 unspecified atom stereocenters. The maximum Gasteiger partial charge on any atom is 0.0914 e. The molecule has 0 aliphatic carbocycles. The Balaban J connectivity index is 1.90. The fourth-order valence-corrected chi connectivity index (χ4v) is 2.08. The van der Waals surface area contributed by atoms with Crippen LogP contribution in [0.25, 0.3) is 0 Å². The topological polar surface area (TPSA) is 32.3 Å². The van der Waals surface area contributed by atoms with Crippen LogP contribution < -0.4 is 5.32 Å². The molecule has 0 spiro atoms. The average molecular weight is 276 g/mol. The summed E-state index contributed by atoms with van der Waals surface area (Å²) >= 11 is 5.83. The molecule has 2 nitrogen and oxygen atoms in total. The van der Waals surface area contributed by atoms with E-state index in [0.29, 0.717) is 11.6 Å². The second-order valence-corrected chi connectivity index (χ2v) is 5.04. The summed E-state index contributed by atoms with van der Waals surface area (Å²) in [5, 5.41) is 14.1. The summed E-state index contributed by atoms with van der Waals surface area (Å²) in [6, 6.07) is 17.7. The van der Waals surface area contributed by atoms with Crippen molar-refractivity contribution in [2.75, 3.05) is 6.54 Å². The van der Waals surface area contributed by atoms with Crippen molar-refractivity contribution in [2.24, 2.45) is 0 Å². The van der Waals surface area contributed by atoms with Gasteiger partial charge in [-0.15, -0.1) is 0 Å². The summed E-state index contributed by atoms with van der Waals surface area (Å²) in [7, 11) is 0. The van der Waals surface area contributed by atoms with Crippen molar-refractivity contribution in [2.45, 2.75) is 19.1 Å². The Morgan fingerprint density at radius 2 is 1.63 bits per heavy atom. The van der Waals surface area contributed by atoms with Crippen molar-refractivity contribution in [1.29, 1.82) is 0 Å². The minimum Gasteiger partial charge on any atom is -0.387 e. The second kappa shape index (κ2) is 6.71. The first kappa shape index (κ1) is 14.1. The van der Waals surface area contributed by atoms with Gasteiger partial charge in [-0.25, -0.2) is 0 Å². The summed E-state index contributed by atoms with van der Waals surface area (Å²) in [5.41, 5.74) is 2.09. The molecule has 0 saturated heterocycles. The SMILES string of the molecule is C[C@@H](NC[C@@H](O)c1ccc(Cl)cc1)c1ccccc1. The van der Waals surface area contributed by atoms with Crippen molar-refractivity contribution in [1.82, 2.24) is 5.32 Å². The van der Waals surface area contributed by atoms with Crippen molar-refractivity contribution in [3.63, 3.8) is 0 Å². The molecule has 100 valence electrons. The molecular formula is C16H18ClNO. The van der Waals surface area contributed by atoms with Gasteiger partial charge in [0.25, 0.3) is 0 Å². The largest absolute Gasteiger partial charge is 0.387 e. The van der Waals surface area contributed by atoms with Crippen LogP contribution in [0.3, 0.4) is 0 Å². The lowest BCUT2D eigenvalue weighted by molar-refractivity contribution is 0.171. The monoisotopic (exact) mass is 275 g/mol. The van der Waals surface area contributed by atoms with Gasteiger partial charge in [0.2, 0.25) is 0 Å². The lowest BCUT2D eigenvalue weighted by atomic mass is 10.1. The first-order valence-electron chi connectivity index (χ1n) is 6.38. The molecule has 0 amide bonds. The molecule has 0 fully saturated rings. The van der Waals surface area contributed by atoms with E-state index in [1.807, 2.05) is 30.3 Å². The summed E-state index contributed by atoms with van der Waals surface area (Å²) in [6.45, 7) is 2.60. The highest BCUT2D eigenvalue weighted by atomic mass is 35.5. The van der Waals surface area contributed by atoms with Crippen LogP contribution in [0.15, 0.2) is 54.6 Å². The van der Waals surface area contributed by atoms with E-state index in [-0.39, 0.29) is 6.04 Å². The van der Waals surface area contributed by atoms with Crippen molar-refractivity contribution < 1.29 is 5.11 Å². The molecule has 0 aliphatic heterocycles. The lowest BCUT2D eigenvalue weighted by Crippen LogP contribution is -2.24. The maximum absolute atomic E-state index is 10.1. The molecule has 2 aromatic rings. The Kier molecular flexibility index (Phi) is 4.97. The zero-order valence-electron chi connectivity index (χ0n) is 10.9. The molecule has 2 atom stereocenters. The zero-order chi connectivity index (χ0) is 13.7. The van der Waals surface area contributed by atoms with Gasteiger partial charge in [0, 0.05) is 17.6 Å². The number of hydrogen-bond donors (Lipinski definition) is 2. The predicted molar refractivity (Wildman–Crippen MR) is 79.3 cm³/mol. The van der Waals surface area contributed by atoms with Crippen LogP contribution in [0.2, 0.25) is 5.02 Å². The standard InChI is InChI=1S/C16H18ClNO/c1-12(13-5-3-2-4-6-13)18-11-16(19)14-7-9-15(17)10-8-14/h2-10,12,16,18-19H,11H2,1H3/t12-,16-/m1/s1. The minimum atomic E-state index is -0.525. The number of aliphatic hydroxyl groups is 1. The maximum atomic E-state index is 10.1. The molecule has 19 heavy (non-hydrogen) atoms. The third kappa shape index (κ3) is 4.06. The fraction of sp³-hybridized carbons (Fsp3) is 0.250. The fourth-order valence-electron chi connectivity index (χ4n) is 1.95. The van der Waals surface area contributed by atoms with Crippen LogP contribution in [0, 0.1) is 0 Å². The molecule has 3 heteroatoms. The number of rotatable bonds is 5. The first-order chi connectivity index (χ1) is 9.16. The van der Waals surface area contributed by atoms with E-state index in [9.17, 15) is 5.11 Å². The summed E-state index contributed by atoms with van der Waals surface area (Å²) in [5.74, 6) is 0. The smallest absolute Gasteiger partial charge is 0.0914 e. The molecule has 0 heterocycles. The molecule has 0 aliphatic rings. The van der Waals surface area contributed by atoms with E-state index in [2.05, 4.69) is 24.4 Å². The number of hydrogen-bond acceptors (Lipinski definition) is 2. The van der Waals surface area contributed by atoms with Crippen LogP contribution in [0.4, 0.5) is 0 Å². The van der Waals surface area contributed by atoms with Gasteiger partial charge >= 0.3 is 0 Å². The van der Waals surface area contributed by atoms with Gasteiger partial charge in [0.1, 0.15) is 0 Å². The van der Waals surface area contributed by atoms with Gasteiger partial charge in [-0.3, -0.25) is 0 Å². The van der Waals surface area contributed by atoms with E-state index in [0.717, 1.165) is 5.56 Å². The van der Waals surface area contributed by atoms with E-state index in [4.69, 9.17) is 11.6 Å². The van der Waals surface area contributed by atoms with Gasteiger partial charge in [-0.1, -0.05) is 54.1 Å². The Morgan fingerprint density at radius 3 is 2.26 bits per heavy atom. The molecule has 0 radical (unpaired) electrons. The summed E-state index contributed by atoms with van der Waals surface area (Å²) in [6.07, 6.45) is -0.525. The molecule has 0 aromatic heterocycles. The number of aliphatic hydroxyl groups excluding tert-OH is 1. The average Bonchev–Trinajstić information content (AvgIpc) is 2.46. The van der Waals surface area contributed by atoms with Crippen molar-refractivity contribution in [3.05, 3.63) is 70.7 Å². The lowest BCUT2D eigenvalue weighted by Gasteiger charge is -2.17. The zero-order valence-corrected chi connectivity index (χ0v) is 11.6. The van der Waals surface area contributed by atoms with Crippen LogP contribution in [0.5, 0.6) is 0 Å². The summed E-state index contributed by atoms with van der Waals surface area (Å²) in [4.78, 5) is 0. The van der Waals surface area contributed by atoms with Crippen LogP contribution >= 0.6 is 11.6 Å². The quantitative estimate of drug-likeness (QED) is 0.872. The molecular weight excluding hydrogens is 258 g/mol. The Hall–Kier alpha value is -1.35. The number of nitrogens with one attached hydrogen (secondary N) is 1. The van der Waals surface area contributed by atoms with Crippen LogP contribution in [-0.4, -0.2) is 11.7 Å². The van der Waals surface area contributed by atoms with Gasteiger partial charge in [-0.2, -0.15) is 0 Å². The van der Waals surface area contributed by atoms with E-state index in [1.165, 1.54) is 5.56 Å². The highest BCUT2D eigenvalue weighted by molar-refractivity contribution is 6.30. The Bertz CT molecular complexity index is 498. The molecule has 2 N–H and O–H groups in total. The van der Waals surface area contributed by atoms with E-state index in [1.54, 1.807) is 12.1 Å². The molecule has 0 saturated carbocycles. The van der Waals surface area contributed by atoms with Gasteiger partial charge in [0.05, 0.1) is 6.10 Å². The molecule has 0 bridgehead atoms. The van der Waals surface area contributed by atoms with Crippen LogP contribution in [-0.2, 0) is 0 Å². The number of benzene rings is 2. The third-order valence-electron chi connectivity index (χ3n) is 3.17. The molecule has 2 rings (SSSR count). The van der Waals surface area contributed by atoms with Crippen molar-refractivity contribution in [3.8, 4) is 0 Å². The second-order valence-electron chi connectivity index (χ2n) is 4.61. The highest BCUT2D eigenvalue weighted by Gasteiger charge is 2.10. The highest BCUT2D eigenvalue weighted by Crippen LogP contribution is 2.17. The minimum absolute atomic E-state index is 0.211. The predicted octanol–water partition coefficient (Wildman–Crippen LogP) is 3.72. The Morgan fingerprint density at radius 1 is 1.00 bits per heavy atom. The van der Waals surface area contributed by atoms with E-state index < -0.39 is 6.10 Å².